The predicted molar refractivity (Wildman–Crippen MR) is 252 cm³/mol. The van der Waals surface area contributed by atoms with E-state index in [0.29, 0.717) is 23.3 Å². The molecule has 0 unspecified atom stereocenters. The summed E-state index contributed by atoms with van der Waals surface area (Å²) >= 11 is 0. The second kappa shape index (κ2) is 16.8. The maximum absolute atomic E-state index is 6.80. The largest absolute Gasteiger partial charge is 0.510 e. The molecule has 5 nitrogen and oxygen atoms in total. The van der Waals surface area contributed by atoms with Crippen molar-refractivity contribution in [1.29, 1.82) is 0 Å². The number of ether oxygens (including phenoxy) is 1. The first-order valence-corrected chi connectivity index (χ1v) is 21.8. The molecule has 0 atom stereocenters. The average molecular weight is 1000 g/mol. The van der Waals surface area contributed by atoms with E-state index >= 15 is 0 Å². The Bertz CT molecular complexity index is 2860. The van der Waals surface area contributed by atoms with Gasteiger partial charge < -0.3 is 13.9 Å². The molecule has 62 heavy (non-hydrogen) atoms. The van der Waals surface area contributed by atoms with Crippen molar-refractivity contribution in [2.45, 2.75) is 118 Å². The molecule has 3 heterocycles. The van der Waals surface area contributed by atoms with Crippen molar-refractivity contribution in [3.8, 4) is 39.8 Å². The van der Waals surface area contributed by atoms with Crippen molar-refractivity contribution in [2.24, 2.45) is 0 Å². The number of benzene rings is 5. The SMILES string of the molecule is CC(C)c1cccc(C(C)C)c1-c1ccnc(-n2c3[c-]c(Oc4[c-]c(-n5[c-][n+](-c6ccc(C(C)(C)C)cc6)c(C(C)(C)C)c5)cc(C(C)(C)C)c4)ccc3c3ccccc32)c1.[Pt]. The van der Waals surface area contributed by atoms with Crippen LogP contribution in [0.3, 0.4) is 0 Å². The molecule has 5 aromatic carbocycles. The topological polar surface area (TPSA) is 35.9 Å². The zero-order chi connectivity index (χ0) is 43.6. The van der Waals surface area contributed by atoms with Crippen LogP contribution in [0.15, 0.2) is 116 Å². The fraction of sp³-hybridized carbons (Fsp3) is 0.321. The summed E-state index contributed by atoms with van der Waals surface area (Å²) < 4.78 is 13.3. The van der Waals surface area contributed by atoms with E-state index in [1.807, 2.05) is 12.3 Å². The van der Waals surface area contributed by atoms with Gasteiger partial charge in [-0.3, -0.25) is 4.57 Å². The van der Waals surface area contributed by atoms with Gasteiger partial charge in [0, 0.05) is 50.5 Å². The number of pyridine rings is 1. The van der Waals surface area contributed by atoms with Gasteiger partial charge in [-0.25, -0.2) is 4.98 Å². The molecule has 3 aromatic heterocycles. The van der Waals surface area contributed by atoms with Gasteiger partial charge in [0.1, 0.15) is 5.82 Å². The van der Waals surface area contributed by atoms with Crippen molar-refractivity contribution in [1.82, 2.24) is 14.1 Å². The minimum atomic E-state index is -0.152. The maximum atomic E-state index is 6.80. The molecule has 0 saturated carbocycles. The predicted octanol–water partition coefficient (Wildman–Crippen LogP) is 14.2. The van der Waals surface area contributed by atoms with Crippen LogP contribution < -0.4 is 9.30 Å². The summed E-state index contributed by atoms with van der Waals surface area (Å²) in [5, 5.41) is 2.23. The molecule has 8 rings (SSSR count). The van der Waals surface area contributed by atoms with Crippen LogP contribution in [0.2, 0.25) is 0 Å². The second-order valence-electron chi connectivity index (χ2n) is 20.3. The molecule has 0 aliphatic rings. The number of aromatic nitrogens is 4. The fourth-order valence-corrected chi connectivity index (χ4v) is 8.35. The molecule has 0 aliphatic carbocycles. The maximum Gasteiger partial charge on any atom is 0.267 e. The average Bonchev–Trinajstić information content (AvgIpc) is 3.81. The molecule has 8 aromatic rings. The number of para-hydroxylation sites is 1. The van der Waals surface area contributed by atoms with E-state index in [2.05, 4.69) is 225 Å². The van der Waals surface area contributed by atoms with Gasteiger partial charge in [0.15, 0.2) is 0 Å². The molecular formula is C56H60N4OPt-2. The monoisotopic (exact) mass is 999 g/mol. The molecule has 0 amide bonds. The van der Waals surface area contributed by atoms with Gasteiger partial charge in [-0.2, -0.15) is 17.7 Å². The summed E-state index contributed by atoms with van der Waals surface area (Å²) in [6.07, 6.45) is 7.80. The summed E-state index contributed by atoms with van der Waals surface area (Å²) in [4.78, 5) is 5.00. The van der Waals surface area contributed by atoms with Crippen LogP contribution >= 0.6 is 0 Å². The third-order valence-electron chi connectivity index (χ3n) is 11.8. The number of fused-ring (bicyclic) bond motifs is 3. The van der Waals surface area contributed by atoms with Gasteiger partial charge in [0.25, 0.3) is 6.33 Å². The van der Waals surface area contributed by atoms with E-state index in [9.17, 15) is 0 Å². The zero-order valence-corrected chi connectivity index (χ0v) is 40.9. The van der Waals surface area contributed by atoms with E-state index in [0.717, 1.165) is 55.8 Å². The molecule has 0 saturated heterocycles. The quantitative estimate of drug-likeness (QED) is 0.112. The minimum Gasteiger partial charge on any atom is -0.510 e. The van der Waals surface area contributed by atoms with Crippen LogP contribution in [0.1, 0.15) is 130 Å². The van der Waals surface area contributed by atoms with Gasteiger partial charge in [-0.15, -0.1) is 29.7 Å². The molecule has 0 fully saturated rings. The van der Waals surface area contributed by atoms with Crippen molar-refractivity contribution in [2.75, 3.05) is 0 Å². The van der Waals surface area contributed by atoms with E-state index in [1.165, 1.54) is 22.3 Å². The van der Waals surface area contributed by atoms with Gasteiger partial charge in [0.05, 0.1) is 11.4 Å². The van der Waals surface area contributed by atoms with E-state index in [4.69, 9.17) is 9.72 Å². The van der Waals surface area contributed by atoms with Crippen LogP contribution in [0.5, 0.6) is 11.5 Å². The molecular weight excluding hydrogens is 940 g/mol. The van der Waals surface area contributed by atoms with Crippen LogP contribution in [-0.2, 0) is 37.3 Å². The Morgan fingerprint density at radius 3 is 1.92 bits per heavy atom. The molecule has 0 aliphatic heterocycles. The Balaban J connectivity index is 0.00000578. The Labute approximate surface area is 384 Å². The Hall–Kier alpha value is -5.25. The summed E-state index contributed by atoms with van der Waals surface area (Å²) in [5.41, 5.74) is 12.4. The van der Waals surface area contributed by atoms with Crippen LogP contribution in [0, 0.1) is 18.5 Å². The normalized spacial score (nSPS) is 12.4. The van der Waals surface area contributed by atoms with Crippen molar-refractivity contribution in [3.05, 3.63) is 162 Å². The number of rotatable bonds is 8. The molecule has 0 N–H and O–H groups in total. The van der Waals surface area contributed by atoms with Gasteiger partial charge in [-0.1, -0.05) is 144 Å². The fourth-order valence-electron chi connectivity index (χ4n) is 8.35. The first kappa shape index (κ1) is 44.8. The van der Waals surface area contributed by atoms with E-state index < -0.39 is 0 Å². The molecule has 0 bridgehead atoms. The van der Waals surface area contributed by atoms with Crippen molar-refractivity contribution >= 4 is 21.8 Å². The smallest absolute Gasteiger partial charge is 0.267 e. The molecule has 0 radical (unpaired) electrons. The first-order chi connectivity index (χ1) is 28.8. The zero-order valence-electron chi connectivity index (χ0n) is 38.6. The van der Waals surface area contributed by atoms with E-state index in [1.54, 1.807) is 0 Å². The van der Waals surface area contributed by atoms with Crippen LogP contribution in [0.25, 0.3) is 50.1 Å². The Morgan fingerprint density at radius 1 is 0.629 bits per heavy atom. The number of hydrogen-bond donors (Lipinski definition) is 0. The van der Waals surface area contributed by atoms with Crippen LogP contribution in [0.4, 0.5) is 0 Å². The number of hydrogen-bond acceptors (Lipinski definition) is 2. The van der Waals surface area contributed by atoms with Crippen molar-refractivity contribution < 1.29 is 30.4 Å². The second-order valence-corrected chi connectivity index (χ2v) is 20.3. The third kappa shape index (κ3) is 8.71. The first-order valence-electron chi connectivity index (χ1n) is 21.8. The van der Waals surface area contributed by atoms with Gasteiger partial charge >= 0.3 is 0 Å². The summed E-state index contributed by atoms with van der Waals surface area (Å²) in [6, 6.07) is 44.3. The number of imidazole rings is 1. The third-order valence-corrected chi connectivity index (χ3v) is 11.8. The van der Waals surface area contributed by atoms with Gasteiger partial charge in [0.2, 0.25) is 0 Å². The molecule has 6 heteroatoms. The van der Waals surface area contributed by atoms with Gasteiger partial charge in [-0.05, 0) is 97.3 Å². The standard InChI is InChI=1S/C56H60N4O.Pt/c1-36(2)45-18-16-19-46(37(3)4)53(45)38-27-28-57-52(29-38)60-49-20-15-14-17-47(49)48-26-25-43(33-50(48)60)61-44-31-40(55(8,9)10)30-42(32-44)58-34-51(56(11,12)13)59(35-58)41-23-21-39(22-24-41)54(5,6)7;/h14-31,34,36-37H,1-13H3;/q-2;. The Morgan fingerprint density at radius 2 is 1.29 bits per heavy atom. The minimum absolute atomic E-state index is 0. The van der Waals surface area contributed by atoms with Crippen molar-refractivity contribution in [3.63, 3.8) is 0 Å². The Kier molecular flexibility index (Phi) is 12.1. The number of nitrogens with zero attached hydrogens (tertiary/aromatic N) is 4. The molecule has 322 valence electrons. The van der Waals surface area contributed by atoms with E-state index in [-0.39, 0.29) is 37.3 Å². The van der Waals surface area contributed by atoms with Crippen LogP contribution in [-0.4, -0.2) is 14.1 Å². The summed E-state index contributed by atoms with van der Waals surface area (Å²) in [6.45, 7) is 29.3. The summed E-state index contributed by atoms with van der Waals surface area (Å²) in [5.74, 6) is 2.82. The molecule has 0 spiro atoms. The summed E-state index contributed by atoms with van der Waals surface area (Å²) in [7, 11) is 0.